The first-order valence-corrected chi connectivity index (χ1v) is 11.5. The fourth-order valence-corrected chi connectivity index (χ4v) is 4.45. The summed E-state index contributed by atoms with van der Waals surface area (Å²) in [6.45, 7) is 6.84. The molecule has 6 heteroatoms. The van der Waals surface area contributed by atoms with Crippen molar-refractivity contribution in [3.05, 3.63) is 71.8 Å². The Balaban J connectivity index is 1.43. The van der Waals surface area contributed by atoms with Crippen molar-refractivity contribution in [2.45, 2.75) is 58.3 Å². The van der Waals surface area contributed by atoms with E-state index < -0.39 is 0 Å². The quantitative estimate of drug-likeness (QED) is 0.592. The van der Waals surface area contributed by atoms with Crippen molar-refractivity contribution in [1.29, 1.82) is 0 Å². The van der Waals surface area contributed by atoms with Crippen LogP contribution in [0.3, 0.4) is 0 Å². The average Bonchev–Trinajstić information content (AvgIpc) is 2.83. The molecule has 1 aliphatic carbocycles. The minimum Gasteiger partial charge on any atom is -0.352 e. The molecule has 3 aromatic rings. The monoisotopic (exact) mass is 429 g/mol. The van der Waals surface area contributed by atoms with E-state index in [0.717, 1.165) is 54.0 Å². The molecule has 0 aliphatic heterocycles. The van der Waals surface area contributed by atoms with Crippen LogP contribution in [0.5, 0.6) is 0 Å². The maximum absolute atomic E-state index is 12.5. The number of hydrogen-bond donors (Lipinski definition) is 1. The highest BCUT2D eigenvalue weighted by Crippen LogP contribution is 2.39. The van der Waals surface area contributed by atoms with Crippen LogP contribution in [0.4, 0.5) is 0 Å². The Labute approximate surface area is 190 Å². The third-order valence-corrected chi connectivity index (χ3v) is 6.38. The van der Waals surface area contributed by atoms with Gasteiger partial charge < -0.3 is 5.32 Å². The summed E-state index contributed by atoms with van der Waals surface area (Å²) in [6.07, 6.45) is 11.6. The summed E-state index contributed by atoms with van der Waals surface area (Å²) in [5.74, 6) is 2.06. The molecule has 4 rings (SSSR count). The molecule has 0 aromatic carbocycles. The summed E-state index contributed by atoms with van der Waals surface area (Å²) in [4.78, 5) is 30.5. The first-order chi connectivity index (χ1) is 15.5. The lowest BCUT2D eigenvalue weighted by atomic mass is 9.79. The third kappa shape index (κ3) is 5.01. The van der Waals surface area contributed by atoms with Gasteiger partial charge in [-0.25, -0.2) is 9.97 Å². The van der Waals surface area contributed by atoms with Gasteiger partial charge in [-0.2, -0.15) is 0 Å². The molecule has 1 fully saturated rings. The Morgan fingerprint density at radius 1 is 1.06 bits per heavy atom. The molecule has 32 heavy (non-hydrogen) atoms. The Morgan fingerprint density at radius 2 is 1.81 bits per heavy atom. The van der Waals surface area contributed by atoms with Gasteiger partial charge in [-0.3, -0.25) is 14.8 Å². The average molecular weight is 430 g/mol. The number of rotatable bonds is 6. The molecule has 0 unspecified atom stereocenters. The van der Waals surface area contributed by atoms with Crippen LogP contribution < -0.4 is 5.32 Å². The molecule has 3 heterocycles. The highest BCUT2D eigenvalue weighted by Gasteiger charge is 2.27. The standard InChI is InChI=1S/C26H31N5O/c1-17(2)25-29-16-23(20-10-13-27-14-11-20)24(31-25)21-8-6-19(7-9-21)15-30-26(32)22-5-4-12-28-18(22)3/h4-5,10-14,16-17,19,21H,6-9,15H2,1-3H3,(H,30,32). The lowest BCUT2D eigenvalue weighted by molar-refractivity contribution is 0.0941. The van der Waals surface area contributed by atoms with E-state index in [0.29, 0.717) is 29.9 Å². The van der Waals surface area contributed by atoms with Crippen LogP contribution in [0.15, 0.2) is 49.1 Å². The van der Waals surface area contributed by atoms with E-state index in [-0.39, 0.29) is 5.91 Å². The topological polar surface area (TPSA) is 80.7 Å². The minimum atomic E-state index is -0.0323. The summed E-state index contributed by atoms with van der Waals surface area (Å²) >= 11 is 0. The highest BCUT2D eigenvalue weighted by atomic mass is 16.1. The maximum Gasteiger partial charge on any atom is 0.253 e. The number of hydrogen-bond acceptors (Lipinski definition) is 5. The Kier molecular flexibility index (Phi) is 6.88. The number of amides is 1. The first-order valence-electron chi connectivity index (χ1n) is 11.5. The second-order valence-corrected chi connectivity index (χ2v) is 8.98. The van der Waals surface area contributed by atoms with E-state index in [9.17, 15) is 4.79 Å². The zero-order chi connectivity index (χ0) is 22.5. The zero-order valence-corrected chi connectivity index (χ0v) is 19.1. The minimum absolute atomic E-state index is 0.0323. The number of nitrogens with zero attached hydrogens (tertiary/aromatic N) is 4. The smallest absolute Gasteiger partial charge is 0.253 e. The number of nitrogens with one attached hydrogen (secondary N) is 1. The van der Waals surface area contributed by atoms with Gasteiger partial charge >= 0.3 is 0 Å². The number of carbonyl (C=O) groups is 1. The van der Waals surface area contributed by atoms with E-state index in [1.807, 2.05) is 43.7 Å². The van der Waals surface area contributed by atoms with Gasteiger partial charge in [0.25, 0.3) is 5.91 Å². The molecule has 1 N–H and O–H groups in total. The summed E-state index contributed by atoms with van der Waals surface area (Å²) in [5.41, 5.74) is 4.81. The molecular weight excluding hydrogens is 398 g/mol. The van der Waals surface area contributed by atoms with Gasteiger partial charge in [0.2, 0.25) is 0 Å². The van der Waals surface area contributed by atoms with Crippen LogP contribution in [0, 0.1) is 12.8 Å². The van der Waals surface area contributed by atoms with Crippen molar-refractivity contribution in [2.75, 3.05) is 6.54 Å². The Hall–Kier alpha value is -3.15. The fraction of sp³-hybridized carbons (Fsp3) is 0.423. The molecule has 0 saturated heterocycles. The van der Waals surface area contributed by atoms with Crippen molar-refractivity contribution < 1.29 is 4.79 Å². The van der Waals surface area contributed by atoms with Gasteiger partial charge in [-0.1, -0.05) is 13.8 Å². The lowest BCUT2D eigenvalue weighted by Gasteiger charge is -2.29. The molecule has 0 atom stereocenters. The van der Waals surface area contributed by atoms with Crippen molar-refractivity contribution in [2.24, 2.45) is 5.92 Å². The van der Waals surface area contributed by atoms with Gasteiger partial charge in [-0.05, 0) is 68.4 Å². The molecule has 0 bridgehead atoms. The second-order valence-electron chi connectivity index (χ2n) is 8.98. The SMILES string of the molecule is Cc1ncccc1C(=O)NCC1CCC(c2nc(C(C)C)ncc2-c2ccncc2)CC1. The number of carbonyl (C=O) groups excluding carboxylic acids is 1. The van der Waals surface area contributed by atoms with E-state index >= 15 is 0 Å². The van der Waals surface area contributed by atoms with Gasteiger partial charge in [-0.15, -0.1) is 0 Å². The van der Waals surface area contributed by atoms with E-state index in [2.05, 4.69) is 34.1 Å². The fourth-order valence-electron chi connectivity index (χ4n) is 4.45. The van der Waals surface area contributed by atoms with E-state index in [1.165, 1.54) is 0 Å². The van der Waals surface area contributed by atoms with Gasteiger partial charge in [0.15, 0.2) is 0 Å². The summed E-state index contributed by atoms with van der Waals surface area (Å²) in [6, 6.07) is 7.69. The molecule has 1 aliphatic rings. The molecule has 3 aromatic heterocycles. The number of aryl methyl sites for hydroxylation is 1. The predicted molar refractivity (Wildman–Crippen MR) is 125 cm³/mol. The van der Waals surface area contributed by atoms with Gasteiger partial charge in [0, 0.05) is 54.4 Å². The van der Waals surface area contributed by atoms with Crippen molar-refractivity contribution >= 4 is 5.91 Å². The van der Waals surface area contributed by atoms with Crippen molar-refractivity contribution in [1.82, 2.24) is 25.3 Å². The zero-order valence-electron chi connectivity index (χ0n) is 19.1. The second kappa shape index (κ2) is 9.98. The Morgan fingerprint density at radius 3 is 2.50 bits per heavy atom. The summed E-state index contributed by atoms with van der Waals surface area (Å²) in [5, 5.41) is 3.11. The van der Waals surface area contributed by atoms with Crippen LogP contribution in [-0.2, 0) is 0 Å². The van der Waals surface area contributed by atoms with Crippen molar-refractivity contribution in [3.63, 3.8) is 0 Å². The molecule has 1 amide bonds. The molecular formula is C26H31N5O. The van der Waals surface area contributed by atoms with Crippen LogP contribution in [0.2, 0.25) is 0 Å². The first kappa shape index (κ1) is 22.1. The molecule has 1 saturated carbocycles. The van der Waals surface area contributed by atoms with Crippen LogP contribution in [-0.4, -0.2) is 32.4 Å². The lowest BCUT2D eigenvalue weighted by Crippen LogP contribution is -2.31. The van der Waals surface area contributed by atoms with E-state index in [4.69, 9.17) is 4.98 Å². The third-order valence-electron chi connectivity index (χ3n) is 6.38. The summed E-state index contributed by atoms with van der Waals surface area (Å²) < 4.78 is 0. The van der Waals surface area contributed by atoms with Crippen LogP contribution >= 0.6 is 0 Å². The highest BCUT2D eigenvalue weighted by molar-refractivity contribution is 5.95. The number of pyridine rings is 2. The van der Waals surface area contributed by atoms with Gasteiger partial charge in [0.05, 0.1) is 11.3 Å². The number of aromatic nitrogens is 4. The molecule has 6 nitrogen and oxygen atoms in total. The molecule has 0 spiro atoms. The normalized spacial score (nSPS) is 18.5. The van der Waals surface area contributed by atoms with Crippen LogP contribution in [0.1, 0.15) is 78.9 Å². The predicted octanol–water partition coefficient (Wildman–Crippen LogP) is 5.07. The largest absolute Gasteiger partial charge is 0.352 e. The Bertz CT molecular complexity index is 1060. The maximum atomic E-state index is 12.5. The van der Waals surface area contributed by atoms with E-state index in [1.54, 1.807) is 12.3 Å². The summed E-state index contributed by atoms with van der Waals surface area (Å²) in [7, 11) is 0. The molecule has 166 valence electrons. The van der Waals surface area contributed by atoms with Crippen LogP contribution in [0.25, 0.3) is 11.1 Å². The molecule has 0 radical (unpaired) electrons. The van der Waals surface area contributed by atoms with Crippen molar-refractivity contribution in [3.8, 4) is 11.1 Å². The van der Waals surface area contributed by atoms with Gasteiger partial charge in [0.1, 0.15) is 5.82 Å².